The van der Waals surface area contributed by atoms with Crippen molar-refractivity contribution in [1.29, 1.82) is 0 Å². The third-order valence-electron chi connectivity index (χ3n) is 5.58. The molecule has 0 aliphatic carbocycles. The summed E-state index contributed by atoms with van der Waals surface area (Å²) in [6.45, 7) is 5.36. The molecule has 0 saturated heterocycles. The lowest BCUT2D eigenvalue weighted by molar-refractivity contribution is -0.114. The first-order valence-electron chi connectivity index (χ1n) is 11.3. The number of nitrogens with zero attached hydrogens (tertiary/aromatic N) is 1. The fraction of sp³-hybridized carbons (Fsp3) is 0.214. The Labute approximate surface area is 199 Å². The summed E-state index contributed by atoms with van der Waals surface area (Å²) in [6, 6.07) is 23.7. The zero-order valence-electron chi connectivity index (χ0n) is 19.0. The first-order chi connectivity index (χ1) is 16.0. The number of thioether (sulfide) groups is 1. The Hall–Kier alpha value is -3.31. The summed E-state index contributed by atoms with van der Waals surface area (Å²) in [5.74, 6) is -0.0790. The number of carbonyl (C=O) groups is 2. The maximum Gasteiger partial charge on any atom is 0.265 e. The van der Waals surface area contributed by atoms with Crippen LogP contribution < -0.4 is 10.2 Å². The summed E-state index contributed by atoms with van der Waals surface area (Å²) in [5.41, 5.74) is 4.74. The topological polar surface area (TPSA) is 49.4 Å². The Morgan fingerprint density at radius 1 is 1.00 bits per heavy atom. The number of anilines is 1. The van der Waals surface area contributed by atoms with Gasteiger partial charge in [0.2, 0.25) is 0 Å². The average Bonchev–Trinajstić information content (AvgIpc) is 2.83. The summed E-state index contributed by atoms with van der Waals surface area (Å²) in [5, 5.41) is 2.93. The smallest absolute Gasteiger partial charge is 0.265 e. The summed E-state index contributed by atoms with van der Waals surface area (Å²) in [7, 11) is 0. The van der Waals surface area contributed by atoms with Gasteiger partial charge in [0.15, 0.2) is 0 Å². The van der Waals surface area contributed by atoms with Crippen LogP contribution in [-0.2, 0) is 11.3 Å². The first-order valence-corrected chi connectivity index (χ1v) is 12.1. The monoisotopic (exact) mass is 456 g/mol. The van der Waals surface area contributed by atoms with Crippen LogP contribution in [-0.4, -0.2) is 18.4 Å². The molecule has 2 amide bonds. The number of nitrogens with one attached hydrogen (secondary N) is 1. The number of benzene rings is 3. The number of carbonyl (C=O) groups excluding carboxylic acids is 2. The molecule has 0 bridgehead atoms. The molecule has 0 aromatic heterocycles. The lowest BCUT2D eigenvalue weighted by Crippen LogP contribution is -2.33. The van der Waals surface area contributed by atoms with Gasteiger partial charge in [0, 0.05) is 17.0 Å². The van der Waals surface area contributed by atoms with Crippen LogP contribution in [0.2, 0.25) is 0 Å². The van der Waals surface area contributed by atoms with E-state index in [2.05, 4.69) is 43.4 Å². The van der Waals surface area contributed by atoms with Crippen molar-refractivity contribution >= 4 is 35.3 Å². The molecule has 4 nitrogen and oxygen atoms in total. The van der Waals surface area contributed by atoms with Crippen molar-refractivity contribution in [3.05, 3.63) is 100.0 Å². The number of hydrogen-bond acceptors (Lipinski definition) is 3. The fourth-order valence-corrected chi connectivity index (χ4v) is 4.72. The molecule has 0 spiro atoms. The SMILES string of the molecule is CCCCNC(=O)c1ccc(C=C2Sc3ccccc3N(Cc3ccc(C)cc3)C2=O)cc1. The van der Waals surface area contributed by atoms with Gasteiger partial charge in [-0.25, -0.2) is 0 Å². The molecule has 0 atom stereocenters. The third-order valence-corrected chi connectivity index (χ3v) is 6.66. The van der Waals surface area contributed by atoms with Gasteiger partial charge in [-0.3, -0.25) is 9.59 Å². The summed E-state index contributed by atoms with van der Waals surface area (Å²) >= 11 is 1.49. The molecule has 4 rings (SSSR count). The van der Waals surface area contributed by atoms with Crippen molar-refractivity contribution in [2.75, 3.05) is 11.4 Å². The van der Waals surface area contributed by atoms with Gasteiger partial charge in [0.05, 0.1) is 17.1 Å². The summed E-state index contributed by atoms with van der Waals surface area (Å²) < 4.78 is 0. The van der Waals surface area contributed by atoms with E-state index in [1.165, 1.54) is 17.3 Å². The molecule has 1 aliphatic rings. The van der Waals surface area contributed by atoms with E-state index in [-0.39, 0.29) is 11.8 Å². The second kappa shape index (κ2) is 10.5. The second-order valence-electron chi connectivity index (χ2n) is 8.19. The van der Waals surface area contributed by atoms with Crippen molar-refractivity contribution in [2.45, 2.75) is 38.1 Å². The maximum atomic E-state index is 13.5. The van der Waals surface area contributed by atoms with Gasteiger partial charge in [0.25, 0.3) is 11.8 Å². The number of fused-ring (bicyclic) bond motifs is 1. The molecule has 168 valence electrons. The highest BCUT2D eigenvalue weighted by molar-refractivity contribution is 8.04. The molecule has 3 aromatic carbocycles. The molecule has 33 heavy (non-hydrogen) atoms. The van der Waals surface area contributed by atoms with Gasteiger partial charge >= 0.3 is 0 Å². The lowest BCUT2D eigenvalue weighted by Gasteiger charge is -2.30. The normalized spacial score (nSPS) is 14.3. The minimum atomic E-state index is -0.0658. The predicted molar refractivity (Wildman–Crippen MR) is 136 cm³/mol. The number of para-hydroxylation sites is 1. The largest absolute Gasteiger partial charge is 0.352 e. The Balaban J connectivity index is 1.57. The van der Waals surface area contributed by atoms with E-state index in [1.807, 2.05) is 59.5 Å². The second-order valence-corrected chi connectivity index (χ2v) is 9.27. The minimum Gasteiger partial charge on any atom is -0.352 e. The molecule has 1 heterocycles. The highest BCUT2D eigenvalue weighted by atomic mass is 32.2. The van der Waals surface area contributed by atoms with Crippen molar-refractivity contribution in [2.24, 2.45) is 0 Å². The molecule has 1 N–H and O–H groups in total. The Kier molecular flexibility index (Phi) is 7.30. The lowest BCUT2D eigenvalue weighted by atomic mass is 10.1. The number of aryl methyl sites for hydroxylation is 1. The zero-order valence-corrected chi connectivity index (χ0v) is 19.8. The van der Waals surface area contributed by atoms with Crippen LogP contribution in [0, 0.1) is 6.92 Å². The molecule has 3 aromatic rings. The van der Waals surface area contributed by atoms with Crippen LogP contribution in [0.5, 0.6) is 0 Å². The van der Waals surface area contributed by atoms with E-state index in [9.17, 15) is 9.59 Å². The van der Waals surface area contributed by atoms with Crippen molar-refractivity contribution in [1.82, 2.24) is 5.32 Å². The molecule has 0 radical (unpaired) electrons. The van der Waals surface area contributed by atoms with Gasteiger partial charge < -0.3 is 10.2 Å². The minimum absolute atomic E-state index is 0.0133. The third kappa shape index (κ3) is 5.55. The number of rotatable bonds is 7. The van der Waals surface area contributed by atoms with Crippen molar-refractivity contribution in [3.8, 4) is 0 Å². The maximum absolute atomic E-state index is 13.5. The van der Waals surface area contributed by atoms with Crippen molar-refractivity contribution < 1.29 is 9.59 Å². The number of unbranched alkanes of at least 4 members (excludes halogenated alkanes) is 1. The Morgan fingerprint density at radius 3 is 2.45 bits per heavy atom. The molecule has 0 fully saturated rings. The van der Waals surface area contributed by atoms with E-state index < -0.39 is 0 Å². The van der Waals surface area contributed by atoms with Gasteiger partial charge in [0.1, 0.15) is 0 Å². The molecular weight excluding hydrogens is 428 g/mol. The van der Waals surface area contributed by atoms with Crippen LogP contribution in [0.1, 0.15) is 46.8 Å². The standard InChI is InChI=1S/C28H28N2O2S/c1-3-4-17-29-27(31)23-15-13-21(14-16-23)18-26-28(32)30(19-22-11-9-20(2)10-12-22)24-7-5-6-8-25(24)33-26/h5-16,18H,3-4,17,19H2,1-2H3,(H,29,31). The number of hydrogen-bond donors (Lipinski definition) is 1. The van der Waals surface area contributed by atoms with E-state index in [0.717, 1.165) is 34.6 Å². The zero-order chi connectivity index (χ0) is 23.2. The van der Waals surface area contributed by atoms with Gasteiger partial charge in [-0.05, 0) is 54.8 Å². The first kappa shape index (κ1) is 22.9. The van der Waals surface area contributed by atoms with Gasteiger partial charge in [-0.1, -0.05) is 79.2 Å². The van der Waals surface area contributed by atoms with E-state index in [0.29, 0.717) is 23.6 Å². The van der Waals surface area contributed by atoms with Crippen molar-refractivity contribution in [3.63, 3.8) is 0 Å². The summed E-state index contributed by atoms with van der Waals surface area (Å²) in [4.78, 5) is 29.3. The molecule has 1 aliphatic heterocycles. The van der Waals surface area contributed by atoms with Crippen LogP contribution in [0.15, 0.2) is 82.6 Å². The molecular formula is C28H28N2O2S. The van der Waals surface area contributed by atoms with Crippen LogP contribution in [0.25, 0.3) is 6.08 Å². The van der Waals surface area contributed by atoms with E-state index >= 15 is 0 Å². The fourth-order valence-electron chi connectivity index (χ4n) is 3.66. The molecule has 5 heteroatoms. The predicted octanol–water partition coefficient (Wildman–Crippen LogP) is 6.20. The Bertz CT molecular complexity index is 1170. The van der Waals surface area contributed by atoms with Crippen LogP contribution in [0.4, 0.5) is 5.69 Å². The summed E-state index contributed by atoms with van der Waals surface area (Å²) in [6.07, 6.45) is 3.92. The van der Waals surface area contributed by atoms with E-state index in [1.54, 1.807) is 0 Å². The average molecular weight is 457 g/mol. The number of amides is 2. The highest BCUT2D eigenvalue weighted by Gasteiger charge is 2.29. The van der Waals surface area contributed by atoms with Gasteiger partial charge in [-0.15, -0.1) is 0 Å². The molecule has 0 unspecified atom stereocenters. The Morgan fingerprint density at radius 2 is 1.73 bits per heavy atom. The van der Waals surface area contributed by atoms with Gasteiger partial charge in [-0.2, -0.15) is 0 Å². The van der Waals surface area contributed by atoms with Crippen LogP contribution in [0.3, 0.4) is 0 Å². The van der Waals surface area contributed by atoms with Crippen LogP contribution >= 0.6 is 11.8 Å². The highest BCUT2D eigenvalue weighted by Crippen LogP contribution is 2.42. The molecule has 0 saturated carbocycles. The van der Waals surface area contributed by atoms with E-state index in [4.69, 9.17) is 0 Å². The quantitative estimate of drug-likeness (QED) is 0.340.